The molecule has 0 saturated heterocycles. The number of carbonyl (C=O) groups is 2. The summed E-state index contributed by atoms with van der Waals surface area (Å²) in [5.74, 6) is -0.0475. The number of carbonyl (C=O) groups excluding carboxylic acids is 2. The molecule has 0 aliphatic rings. The van der Waals surface area contributed by atoms with Gasteiger partial charge in [-0.15, -0.1) is 0 Å². The number of rotatable bonds is 60. The fourth-order valence-corrected chi connectivity index (χ4v) is 10.2. The quantitative estimate of drug-likeness (QED) is 0.0321. The predicted molar refractivity (Wildman–Crippen MR) is 306 cm³/mol. The van der Waals surface area contributed by atoms with E-state index in [0.717, 1.165) is 38.5 Å². The molecule has 0 aliphatic carbocycles. The Morgan fingerprint density at radius 3 is 0.971 bits per heavy atom. The van der Waals surface area contributed by atoms with Crippen molar-refractivity contribution in [1.82, 2.24) is 5.32 Å². The Hall–Kier alpha value is -1.40. The lowest BCUT2D eigenvalue weighted by molar-refractivity contribution is -0.143. The molecular weight excluding hydrogens is 863 g/mol. The number of aliphatic hydroxyl groups excluding tert-OH is 2. The van der Waals surface area contributed by atoms with Crippen molar-refractivity contribution < 1.29 is 24.5 Å². The second-order valence-electron chi connectivity index (χ2n) is 22.1. The Morgan fingerprint density at radius 2 is 0.657 bits per heavy atom. The van der Waals surface area contributed by atoms with Gasteiger partial charge in [0.25, 0.3) is 0 Å². The van der Waals surface area contributed by atoms with E-state index >= 15 is 0 Å². The predicted octanol–water partition coefficient (Wildman–Crippen LogP) is 20.0. The van der Waals surface area contributed by atoms with Crippen molar-refractivity contribution >= 4 is 11.9 Å². The average Bonchev–Trinajstić information content (AvgIpc) is 3.36. The minimum Gasteiger partial charge on any atom is -0.466 e. The van der Waals surface area contributed by atoms with Gasteiger partial charge in [0, 0.05) is 12.8 Å². The van der Waals surface area contributed by atoms with Crippen LogP contribution in [-0.2, 0) is 14.3 Å². The number of amides is 1. The number of nitrogens with one attached hydrogen (secondary N) is 1. The van der Waals surface area contributed by atoms with E-state index in [4.69, 9.17) is 4.74 Å². The first-order valence-corrected chi connectivity index (χ1v) is 32.0. The number of esters is 1. The van der Waals surface area contributed by atoms with E-state index in [-0.39, 0.29) is 18.5 Å². The van der Waals surface area contributed by atoms with Gasteiger partial charge in [0.15, 0.2) is 0 Å². The molecule has 0 saturated carbocycles. The summed E-state index contributed by atoms with van der Waals surface area (Å²) in [5.41, 5.74) is 0. The largest absolute Gasteiger partial charge is 0.466 e. The molecule has 0 aromatic carbocycles. The third-order valence-corrected chi connectivity index (χ3v) is 15.1. The lowest BCUT2D eigenvalue weighted by Gasteiger charge is -2.20. The van der Waals surface area contributed by atoms with Gasteiger partial charge < -0.3 is 20.3 Å². The molecule has 0 bridgehead atoms. The van der Waals surface area contributed by atoms with Crippen molar-refractivity contribution in [3.8, 4) is 0 Å². The number of ether oxygens (including phenoxy) is 1. The van der Waals surface area contributed by atoms with Crippen LogP contribution in [0.4, 0.5) is 0 Å². The summed E-state index contributed by atoms with van der Waals surface area (Å²) in [4.78, 5) is 24.5. The molecule has 2 atom stereocenters. The highest BCUT2D eigenvalue weighted by atomic mass is 16.5. The zero-order valence-electron chi connectivity index (χ0n) is 47.5. The molecular formula is C64H125NO5. The van der Waals surface area contributed by atoms with Crippen LogP contribution in [0.1, 0.15) is 361 Å². The van der Waals surface area contributed by atoms with Crippen LogP contribution in [0.25, 0.3) is 0 Å². The van der Waals surface area contributed by atoms with Crippen molar-refractivity contribution in [3.05, 3.63) is 12.2 Å². The third-order valence-electron chi connectivity index (χ3n) is 15.1. The van der Waals surface area contributed by atoms with E-state index in [9.17, 15) is 19.8 Å². The van der Waals surface area contributed by atoms with Crippen LogP contribution in [0.3, 0.4) is 0 Å². The minimum atomic E-state index is -0.842. The molecule has 6 nitrogen and oxygen atoms in total. The maximum absolute atomic E-state index is 12.4. The Labute approximate surface area is 438 Å². The van der Waals surface area contributed by atoms with Gasteiger partial charge in [-0.3, -0.25) is 9.59 Å². The highest BCUT2D eigenvalue weighted by Gasteiger charge is 2.18. The molecule has 70 heavy (non-hydrogen) atoms. The summed E-state index contributed by atoms with van der Waals surface area (Å²) in [5, 5.41) is 23.1. The smallest absolute Gasteiger partial charge is 0.305 e. The lowest BCUT2D eigenvalue weighted by Crippen LogP contribution is -2.45. The van der Waals surface area contributed by atoms with Crippen LogP contribution >= 0.6 is 0 Å². The first-order valence-electron chi connectivity index (χ1n) is 32.0. The van der Waals surface area contributed by atoms with Gasteiger partial charge in [0.2, 0.25) is 5.91 Å². The van der Waals surface area contributed by atoms with Gasteiger partial charge >= 0.3 is 5.97 Å². The summed E-state index contributed by atoms with van der Waals surface area (Å²) in [6.07, 6.45) is 72.6. The molecule has 6 heteroatoms. The molecule has 3 N–H and O–H groups in total. The number of unbranched alkanes of at least 4 members (excludes halogenated alkanes) is 49. The Balaban J connectivity index is 3.34. The summed E-state index contributed by atoms with van der Waals surface area (Å²) < 4.78 is 5.50. The zero-order valence-corrected chi connectivity index (χ0v) is 47.5. The highest BCUT2D eigenvalue weighted by Crippen LogP contribution is 2.18. The monoisotopic (exact) mass is 988 g/mol. The minimum absolute atomic E-state index is 0.0189. The molecule has 416 valence electrons. The van der Waals surface area contributed by atoms with Crippen molar-refractivity contribution in [2.75, 3.05) is 13.2 Å². The van der Waals surface area contributed by atoms with Crippen molar-refractivity contribution in [1.29, 1.82) is 0 Å². The highest BCUT2D eigenvalue weighted by molar-refractivity contribution is 5.76. The molecule has 0 aromatic rings. The first-order chi connectivity index (χ1) is 34.5. The van der Waals surface area contributed by atoms with Gasteiger partial charge in [0.1, 0.15) is 0 Å². The molecule has 0 spiro atoms. The van der Waals surface area contributed by atoms with Crippen LogP contribution < -0.4 is 5.32 Å². The average molecular weight is 989 g/mol. The molecule has 0 radical (unpaired) electrons. The normalized spacial score (nSPS) is 12.6. The molecule has 0 aromatic heterocycles. The Bertz CT molecular complexity index is 1050. The van der Waals surface area contributed by atoms with Crippen LogP contribution in [0.5, 0.6) is 0 Å². The SMILES string of the molecule is CCCCCCCCCCCC/C=C/C(O)C(CO)NC(=O)CCCCCCCCCCCCCCCCCCCCCCCCCOC(=O)CCCCCCCCCCCCCCCCCCCC. The molecule has 0 aliphatic heterocycles. The summed E-state index contributed by atoms with van der Waals surface area (Å²) in [6, 6.07) is -0.625. The van der Waals surface area contributed by atoms with Crippen LogP contribution in [0, 0.1) is 0 Å². The van der Waals surface area contributed by atoms with Gasteiger partial charge in [-0.2, -0.15) is 0 Å². The van der Waals surface area contributed by atoms with Crippen LogP contribution in [-0.4, -0.2) is 47.4 Å². The lowest BCUT2D eigenvalue weighted by atomic mass is 10.0. The van der Waals surface area contributed by atoms with Gasteiger partial charge in [-0.25, -0.2) is 0 Å². The molecule has 0 fully saturated rings. The number of allylic oxidation sites excluding steroid dienone is 1. The standard InChI is InChI=1S/C64H125NO5/c1-3-5-7-9-11-13-15-17-18-19-28-31-34-38-42-46-50-54-58-64(69)70-59-55-51-47-43-39-35-32-29-26-24-22-20-21-23-25-27-30-33-37-41-45-49-53-57-63(68)65-61(60-66)62(67)56-52-48-44-40-36-16-14-12-10-8-6-4-2/h52,56,61-62,66-67H,3-51,53-55,57-60H2,1-2H3,(H,65,68)/b56-52+. The van der Waals surface area contributed by atoms with Crippen molar-refractivity contribution in [2.24, 2.45) is 0 Å². The van der Waals surface area contributed by atoms with E-state index < -0.39 is 12.1 Å². The summed E-state index contributed by atoms with van der Waals surface area (Å²) in [6.45, 7) is 4.93. The van der Waals surface area contributed by atoms with Gasteiger partial charge in [0.05, 0.1) is 25.4 Å². The number of hydrogen-bond acceptors (Lipinski definition) is 5. The second kappa shape index (κ2) is 60.2. The van der Waals surface area contributed by atoms with Crippen LogP contribution in [0.2, 0.25) is 0 Å². The van der Waals surface area contributed by atoms with E-state index in [0.29, 0.717) is 19.4 Å². The topological polar surface area (TPSA) is 95.9 Å². The van der Waals surface area contributed by atoms with Crippen molar-refractivity contribution in [3.63, 3.8) is 0 Å². The second-order valence-corrected chi connectivity index (χ2v) is 22.1. The third kappa shape index (κ3) is 55.9. The molecule has 0 rings (SSSR count). The van der Waals surface area contributed by atoms with Crippen molar-refractivity contribution in [2.45, 2.75) is 373 Å². The Morgan fingerprint density at radius 1 is 0.386 bits per heavy atom. The summed E-state index contributed by atoms with van der Waals surface area (Å²) in [7, 11) is 0. The fourth-order valence-electron chi connectivity index (χ4n) is 10.2. The Kier molecular flexibility index (Phi) is 59.0. The molecule has 1 amide bonds. The van der Waals surface area contributed by atoms with E-state index in [1.54, 1.807) is 6.08 Å². The summed E-state index contributed by atoms with van der Waals surface area (Å²) >= 11 is 0. The maximum Gasteiger partial charge on any atom is 0.305 e. The van der Waals surface area contributed by atoms with E-state index in [2.05, 4.69) is 19.2 Å². The number of hydrogen-bond donors (Lipinski definition) is 3. The first kappa shape index (κ1) is 68.6. The van der Waals surface area contributed by atoms with Gasteiger partial charge in [-0.1, -0.05) is 328 Å². The number of aliphatic hydroxyl groups is 2. The molecule has 2 unspecified atom stereocenters. The van der Waals surface area contributed by atoms with Gasteiger partial charge in [-0.05, 0) is 32.1 Å². The van der Waals surface area contributed by atoms with Crippen LogP contribution in [0.15, 0.2) is 12.2 Å². The maximum atomic E-state index is 12.4. The fraction of sp³-hybridized carbons (Fsp3) is 0.938. The molecule has 0 heterocycles. The van der Waals surface area contributed by atoms with E-state index in [1.807, 2.05) is 6.08 Å². The van der Waals surface area contributed by atoms with E-state index in [1.165, 1.54) is 295 Å². The zero-order chi connectivity index (χ0) is 50.7.